The first-order valence-corrected chi connectivity index (χ1v) is 8.87. The van der Waals surface area contributed by atoms with Crippen LogP contribution in [0.2, 0.25) is 5.02 Å². The molecule has 0 aliphatic carbocycles. The molecular weight excluding hydrogens is 324 g/mol. The highest BCUT2D eigenvalue weighted by molar-refractivity contribution is 6.31. The SMILES string of the molecule is CCCCc1ncc(CCCC(=O)OC)n1Cc1ccccc1Cl. The van der Waals surface area contributed by atoms with E-state index in [0.29, 0.717) is 13.0 Å². The first kappa shape index (κ1) is 18.5. The Bertz CT molecular complexity index is 667. The molecule has 0 saturated carbocycles. The van der Waals surface area contributed by atoms with Gasteiger partial charge in [-0.05, 0) is 30.9 Å². The summed E-state index contributed by atoms with van der Waals surface area (Å²) in [6, 6.07) is 7.90. The van der Waals surface area contributed by atoms with E-state index in [9.17, 15) is 4.79 Å². The molecular formula is C19H25ClN2O2. The minimum atomic E-state index is -0.168. The van der Waals surface area contributed by atoms with E-state index in [1.54, 1.807) is 0 Å². The molecule has 0 saturated heterocycles. The quantitative estimate of drug-likeness (QED) is 0.630. The van der Waals surface area contributed by atoms with E-state index < -0.39 is 0 Å². The zero-order valence-electron chi connectivity index (χ0n) is 14.4. The van der Waals surface area contributed by atoms with Crippen LogP contribution in [-0.4, -0.2) is 22.6 Å². The number of hydrogen-bond donors (Lipinski definition) is 0. The monoisotopic (exact) mass is 348 g/mol. The molecule has 1 aromatic carbocycles. The minimum absolute atomic E-state index is 0.168. The highest BCUT2D eigenvalue weighted by Gasteiger charge is 2.12. The maximum atomic E-state index is 11.3. The van der Waals surface area contributed by atoms with Gasteiger partial charge in [-0.2, -0.15) is 0 Å². The summed E-state index contributed by atoms with van der Waals surface area (Å²) in [7, 11) is 1.42. The van der Waals surface area contributed by atoms with Crippen LogP contribution in [0, 0.1) is 0 Å². The summed E-state index contributed by atoms with van der Waals surface area (Å²) in [5.74, 6) is 0.920. The second-order valence-corrected chi connectivity index (χ2v) is 6.28. The summed E-state index contributed by atoms with van der Waals surface area (Å²) >= 11 is 6.32. The average Bonchev–Trinajstić information content (AvgIpc) is 2.96. The largest absolute Gasteiger partial charge is 0.469 e. The van der Waals surface area contributed by atoms with Gasteiger partial charge in [-0.15, -0.1) is 0 Å². The molecule has 1 aromatic heterocycles. The van der Waals surface area contributed by atoms with Crippen LogP contribution in [0.15, 0.2) is 30.5 Å². The standard InChI is InChI=1S/C19H25ClN2O2/c1-3-4-11-18-21-13-16(9-7-12-19(23)24-2)22(18)14-15-8-5-6-10-17(15)20/h5-6,8,10,13H,3-4,7,9,11-12,14H2,1-2H3. The van der Waals surface area contributed by atoms with Crippen LogP contribution in [-0.2, 0) is 28.9 Å². The van der Waals surface area contributed by atoms with Gasteiger partial charge in [0.15, 0.2) is 0 Å². The number of benzene rings is 1. The molecule has 0 bridgehead atoms. The molecule has 0 aliphatic heterocycles. The Balaban J connectivity index is 2.16. The number of hydrogen-bond acceptors (Lipinski definition) is 3. The Morgan fingerprint density at radius 3 is 2.75 bits per heavy atom. The third-order valence-corrected chi connectivity index (χ3v) is 4.47. The second-order valence-electron chi connectivity index (χ2n) is 5.88. The topological polar surface area (TPSA) is 44.1 Å². The lowest BCUT2D eigenvalue weighted by atomic mass is 10.1. The van der Waals surface area contributed by atoms with Crippen molar-refractivity contribution in [3.63, 3.8) is 0 Å². The molecule has 0 fully saturated rings. The zero-order chi connectivity index (χ0) is 17.4. The molecule has 130 valence electrons. The summed E-state index contributed by atoms with van der Waals surface area (Å²) in [6.45, 7) is 2.89. The van der Waals surface area contributed by atoms with Gasteiger partial charge in [-0.25, -0.2) is 4.98 Å². The molecule has 24 heavy (non-hydrogen) atoms. The van der Waals surface area contributed by atoms with Gasteiger partial charge in [0.25, 0.3) is 0 Å². The molecule has 0 spiro atoms. The fraction of sp³-hybridized carbons (Fsp3) is 0.474. The van der Waals surface area contributed by atoms with E-state index in [1.807, 2.05) is 30.5 Å². The van der Waals surface area contributed by atoms with Crippen molar-refractivity contribution < 1.29 is 9.53 Å². The summed E-state index contributed by atoms with van der Waals surface area (Å²) in [5.41, 5.74) is 2.23. The fourth-order valence-corrected chi connectivity index (χ4v) is 2.89. The molecule has 2 aromatic rings. The Morgan fingerprint density at radius 1 is 1.25 bits per heavy atom. The van der Waals surface area contributed by atoms with Crippen LogP contribution in [0.3, 0.4) is 0 Å². The average molecular weight is 349 g/mol. The maximum absolute atomic E-state index is 11.3. The number of methoxy groups -OCH3 is 1. The van der Waals surface area contributed by atoms with E-state index in [0.717, 1.165) is 54.2 Å². The van der Waals surface area contributed by atoms with Crippen molar-refractivity contribution in [1.29, 1.82) is 0 Å². The number of unbranched alkanes of at least 4 members (excludes halogenated alkanes) is 1. The fourth-order valence-electron chi connectivity index (χ4n) is 2.69. The van der Waals surface area contributed by atoms with Crippen LogP contribution < -0.4 is 0 Å². The number of aryl methyl sites for hydroxylation is 2. The Labute approximate surface area is 148 Å². The predicted octanol–water partition coefficient (Wildman–Crippen LogP) is 4.42. The van der Waals surface area contributed by atoms with E-state index in [4.69, 9.17) is 16.3 Å². The van der Waals surface area contributed by atoms with Crippen molar-refractivity contribution in [2.24, 2.45) is 0 Å². The molecule has 2 rings (SSSR count). The molecule has 4 nitrogen and oxygen atoms in total. The lowest BCUT2D eigenvalue weighted by molar-refractivity contribution is -0.140. The summed E-state index contributed by atoms with van der Waals surface area (Å²) in [4.78, 5) is 15.9. The molecule has 0 aliphatic rings. The van der Waals surface area contributed by atoms with E-state index in [-0.39, 0.29) is 5.97 Å². The number of carbonyl (C=O) groups is 1. The first-order valence-electron chi connectivity index (χ1n) is 8.49. The second kappa shape index (κ2) is 9.48. The van der Waals surface area contributed by atoms with Gasteiger partial charge in [0.1, 0.15) is 5.82 Å². The molecule has 5 heteroatoms. The van der Waals surface area contributed by atoms with Crippen molar-refractivity contribution >= 4 is 17.6 Å². The van der Waals surface area contributed by atoms with Crippen LogP contribution >= 0.6 is 11.6 Å². The third-order valence-electron chi connectivity index (χ3n) is 4.10. The van der Waals surface area contributed by atoms with Gasteiger partial charge >= 0.3 is 5.97 Å². The van der Waals surface area contributed by atoms with E-state index in [1.165, 1.54) is 7.11 Å². The normalized spacial score (nSPS) is 10.8. The Kier molecular flexibility index (Phi) is 7.32. The lowest BCUT2D eigenvalue weighted by Gasteiger charge is -2.13. The number of aromatic nitrogens is 2. The van der Waals surface area contributed by atoms with Gasteiger partial charge in [-0.1, -0.05) is 43.1 Å². The predicted molar refractivity (Wildman–Crippen MR) is 96.3 cm³/mol. The van der Waals surface area contributed by atoms with Crippen molar-refractivity contribution in [3.05, 3.63) is 52.6 Å². The smallest absolute Gasteiger partial charge is 0.305 e. The van der Waals surface area contributed by atoms with Crippen molar-refractivity contribution in [2.75, 3.05) is 7.11 Å². The number of esters is 1. The minimum Gasteiger partial charge on any atom is -0.469 e. The van der Waals surface area contributed by atoms with Gasteiger partial charge in [-0.3, -0.25) is 4.79 Å². The van der Waals surface area contributed by atoms with Crippen LogP contribution in [0.5, 0.6) is 0 Å². The van der Waals surface area contributed by atoms with E-state index >= 15 is 0 Å². The zero-order valence-corrected chi connectivity index (χ0v) is 15.2. The molecule has 0 N–H and O–H groups in total. The molecule has 1 heterocycles. The number of carbonyl (C=O) groups excluding carboxylic acids is 1. The Morgan fingerprint density at radius 2 is 2.04 bits per heavy atom. The number of rotatable bonds is 9. The summed E-state index contributed by atoms with van der Waals surface area (Å²) < 4.78 is 6.95. The van der Waals surface area contributed by atoms with Gasteiger partial charge in [0.2, 0.25) is 0 Å². The molecule has 0 unspecified atom stereocenters. The van der Waals surface area contributed by atoms with Crippen LogP contribution in [0.25, 0.3) is 0 Å². The number of nitrogens with zero attached hydrogens (tertiary/aromatic N) is 2. The van der Waals surface area contributed by atoms with Crippen molar-refractivity contribution in [2.45, 2.75) is 52.0 Å². The van der Waals surface area contributed by atoms with Crippen LogP contribution in [0.1, 0.15) is 49.7 Å². The highest BCUT2D eigenvalue weighted by Crippen LogP contribution is 2.20. The van der Waals surface area contributed by atoms with E-state index in [2.05, 4.69) is 16.5 Å². The highest BCUT2D eigenvalue weighted by atomic mass is 35.5. The maximum Gasteiger partial charge on any atom is 0.305 e. The molecule has 0 amide bonds. The van der Waals surface area contributed by atoms with Gasteiger partial charge in [0.05, 0.1) is 13.7 Å². The Hall–Kier alpha value is -1.81. The molecule has 0 atom stereocenters. The number of ether oxygens (including phenoxy) is 1. The lowest BCUT2D eigenvalue weighted by Crippen LogP contribution is -2.10. The van der Waals surface area contributed by atoms with Crippen molar-refractivity contribution in [3.8, 4) is 0 Å². The number of halogens is 1. The number of imidazole rings is 1. The summed E-state index contributed by atoms with van der Waals surface area (Å²) in [6.07, 6.45) is 7.12. The van der Waals surface area contributed by atoms with Crippen molar-refractivity contribution in [1.82, 2.24) is 9.55 Å². The molecule has 0 radical (unpaired) electrons. The van der Waals surface area contributed by atoms with Gasteiger partial charge in [0, 0.05) is 29.8 Å². The summed E-state index contributed by atoms with van der Waals surface area (Å²) in [5, 5.41) is 0.771. The first-order chi connectivity index (χ1) is 11.7. The van der Waals surface area contributed by atoms with Crippen LogP contribution in [0.4, 0.5) is 0 Å². The third kappa shape index (κ3) is 5.10. The van der Waals surface area contributed by atoms with Gasteiger partial charge < -0.3 is 9.30 Å².